The lowest BCUT2D eigenvalue weighted by Gasteiger charge is -2.36. The van der Waals surface area contributed by atoms with Gasteiger partial charge in [-0.3, -0.25) is 9.69 Å². The van der Waals surface area contributed by atoms with Crippen molar-refractivity contribution in [1.29, 1.82) is 0 Å². The van der Waals surface area contributed by atoms with Gasteiger partial charge in [-0.2, -0.15) is 4.31 Å². The molecule has 2 aliphatic rings. The number of benzene rings is 1. The summed E-state index contributed by atoms with van der Waals surface area (Å²) in [6.45, 7) is 4.45. The molecule has 0 spiro atoms. The van der Waals surface area contributed by atoms with Crippen LogP contribution in [0.15, 0.2) is 29.2 Å². The monoisotopic (exact) mass is 323 g/mol. The minimum absolute atomic E-state index is 0.173. The van der Waals surface area contributed by atoms with Crippen LogP contribution < -0.4 is 5.32 Å². The van der Waals surface area contributed by atoms with Gasteiger partial charge in [0.05, 0.1) is 4.90 Å². The fraction of sp³-hybridized carbons (Fsp3) is 0.533. The Labute approximate surface area is 131 Å². The van der Waals surface area contributed by atoms with E-state index >= 15 is 0 Å². The summed E-state index contributed by atoms with van der Waals surface area (Å²) in [6.07, 6.45) is 2.23. The quantitative estimate of drug-likeness (QED) is 0.905. The van der Waals surface area contributed by atoms with Gasteiger partial charge in [0.15, 0.2) is 0 Å². The van der Waals surface area contributed by atoms with Gasteiger partial charge in [-0.1, -0.05) is 0 Å². The number of carbonyl (C=O) groups excluding carboxylic acids is 1. The highest BCUT2D eigenvalue weighted by Gasteiger charge is 2.36. The number of nitrogens with one attached hydrogen (secondary N) is 1. The van der Waals surface area contributed by atoms with E-state index < -0.39 is 10.0 Å². The fourth-order valence-electron chi connectivity index (χ4n) is 3.24. The van der Waals surface area contributed by atoms with E-state index in [0.717, 1.165) is 25.9 Å². The van der Waals surface area contributed by atoms with E-state index in [0.29, 0.717) is 24.8 Å². The maximum atomic E-state index is 12.7. The molecular formula is C15H21N3O3S. The molecule has 0 saturated carbocycles. The Bertz CT molecular complexity index is 657. The van der Waals surface area contributed by atoms with Crippen LogP contribution in [0.3, 0.4) is 0 Å². The average Bonchev–Trinajstić information content (AvgIpc) is 2.94. The van der Waals surface area contributed by atoms with Gasteiger partial charge in [0.2, 0.25) is 15.9 Å². The van der Waals surface area contributed by atoms with Crippen LogP contribution >= 0.6 is 0 Å². The Morgan fingerprint density at radius 1 is 1.18 bits per heavy atom. The third-order valence-electron chi connectivity index (χ3n) is 4.36. The Hall–Kier alpha value is -1.44. The smallest absolute Gasteiger partial charge is 0.243 e. The average molecular weight is 323 g/mol. The van der Waals surface area contributed by atoms with Crippen molar-refractivity contribution in [2.24, 2.45) is 0 Å². The molecule has 2 heterocycles. The Morgan fingerprint density at radius 3 is 2.59 bits per heavy atom. The minimum Gasteiger partial charge on any atom is -0.326 e. The predicted molar refractivity (Wildman–Crippen MR) is 84.1 cm³/mol. The molecule has 6 nitrogen and oxygen atoms in total. The summed E-state index contributed by atoms with van der Waals surface area (Å²) in [6, 6.07) is 6.73. The number of hydrogen-bond acceptors (Lipinski definition) is 4. The van der Waals surface area contributed by atoms with Crippen molar-refractivity contribution < 1.29 is 13.2 Å². The molecule has 1 N–H and O–H groups in total. The molecule has 1 aromatic rings. The molecule has 0 bridgehead atoms. The summed E-state index contributed by atoms with van der Waals surface area (Å²) in [4.78, 5) is 13.7. The summed E-state index contributed by atoms with van der Waals surface area (Å²) < 4.78 is 27.0. The van der Waals surface area contributed by atoms with Crippen molar-refractivity contribution in [1.82, 2.24) is 9.21 Å². The first-order valence-electron chi connectivity index (χ1n) is 7.59. The zero-order chi connectivity index (χ0) is 15.7. The molecule has 0 aliphatic carbocycles. The van der Waals surface area contributed by atoms with Crippen molar-refractivity contribution in [3.05, 3.63) is 24.3 Å². The second kappa shape index (κ2) is 5.98. The van der Waals surface area contributed by atoms with Crippen molar-refractivity contribution in [2.45, 2.75) is 30.7 Å². The van der Waals surface area contributed by atoms with Gasteiger partial charge < -0.3 is 5.32 Å². The van der Waals surface area contributed by atoms with Crippen LogP contribution in [0.25, 0.3) is 0 Å². The first-order valence-corrected chi connectivity index (χ1v) is 9.03. The van der Waals surface area contributed by atoms with Crippen molar-refractivity contribution in [3.8, 4) is 0 Å². The number of rotatable bonds is 3. The van der Waals surface area contributed by atoms with Crippen LogP contribution in [-0.2, 0) is 14.8 Å². The largest absolute Gasteiger partial charge is 0.326 e. The summed E-state index contributed by atoms with van der Waals surface area (Å²) in [5.41, 5.74) is 0.604. The van der Waals surface area contributed by atoms with Gasteiger partial charge in [0, 0.05) is 38.3 Å². The maximum Gasteiger partial charge on any atom is 0.243 e. The number of fused-ring (bicyclic) bond motifs is 1. The molecule has 1 aromatic carbocycles. The summed E-state index contributed by atoms with van der Waals surface area (Å²) in [7, 11) is -3.45. The summed E-state index contributed by atoms with van der Waals surface area (Å²) in [5, 5.41) is 2.64. The Morgan fingerprint density at radius 2 is 1.91 bits per heavy atom. The number of amides is 1. The van der Waals surface area contributed by atoms with Gasteiger partial charge in [-0.05, 0) is 43.7 Å². The first-order chi connectivity index (χ1) is 10.5. The lowest BCUT2D eigenvalue weighted by molar-refractivity contribution is -0.114. The van der Waals surface area contributed by atoms with Gasteiger partial charge in [0.25, 0.3) is 0 Å². The van der Waals surface area contributed by atoms with E-state index in [1.165, 1.54) is 6.92 Å². The van der Waals surface area contributed by atoms with Crippen LogP contribution in [0.5, 0.6) is 0 Å². The van der Waals surface area contributed by atoms with Crippen molar-refractivity contribution in [3.63, 3.8) is 0 Å². The molecule has 0 aromatic heterocycles. The Kier molecular flexibility index (Phi) is 4.20. The van der Waals surface area contributed by atoms with E-state index in [1.54, 1.807) is 28.6 Å². The summed E-state index contributed by atoms with van der Waals surface area (Å²) >= 11 is 0. The number of anilines is 1. The molecule has 22 heavy (non-hydrogen) atoms. The first kappa shape index (κ1) is 15.5. The number of sulfonamides is 1. The topological polar surface area (TPSA) is 69.7 Å². The van der Waals surface area contributed by atoms with Crippen molar-refractivity contribution >= 4 is 21.6 Å². The summed E-state index contributed by atoms with van der Waals surface area (Å²) in [5.74, 6) is -0.173. The number of hydrogen-bond donors (Lipinski definition) is 1. The fourth-order valence-corrected chi connectivity index (χ4v) is 4.71. The van der Waals surface area contributed by atoms with Crippen LogP contribution in [0.2, 0.25) is 0 Å². The molecule has 0 unspecified atom stereocenters. The highest BCUT2D eigenvalue weighted by molar-refractivity contribution is 7.89. The molecule has 1 atom stereocenters. The third-order valence-corrected chi connectivity index (χ3v) is 6.24. The second-order valence-electron chi connectivity index (χ2n) is 5.90. The molecule has 0 radical (unpaired) electrons. The highest BCUT2D eigenvalue weighted by Crippen LogP contribution is 2.26. The SMILES string of the molecule is CC(=O)Nc1ccc(S(=O)(=O)N2CCN3CCC[C@H]3C2)cc1. The molecule has 1 amide bonds. The lowest BCUT2D eigenvalue weighted by Crippen LogP contribution is -2.51. The zero-order valence-electron chi connectivity index (χ0n) is 12.7. The van der Waals surface area contributed by atoms with Gasteiger partial charge in [-0.15, -0.1) is 0 Å². The standard InChI is InChI=1S/C15H21N3O3S/c1-12(19)16-13-4-6-15(7-5-13)22(20,21)18-10-9-17-8-2-3-14(17)11-18/h4-7,14H,2-3,8-11H2,1H3,(H,16,19)/t14-/m0/s1. The molecule has 2 saturated heterocycles. The number of carbonyl (C=O) groups is 1. The molecule has 3 rings (SSSR count). The van der Waals surface area contributed by atoms with E-state index in [1.807, 2.05) is 0 Å². The van der Waals surface area contributed by atoms with Crippen LogP contribution in [0.4, 0.5) is 5.69 Å². The number of nitrogens with zero attached hydrogens (tertiary/aromatic N) is 2. The molecule has 7 heteroatoms. The third kappa shape index (κ3) is 3.02. The van der Waals surface area contributed by atoms with Crippen LogP contribution in [-0.4, -0.2) is 55.8 Å². The highest BCUT2D eigenvalue weighted by atomic mass is 32.2. The normalized spacial score (nSPS) is 23.2. The van der Waals surface area contributed by atoms with Gasteiger partial charge in [-0.25, -0.2) is 8.42 Å². The van der Waals surface area contributed by atoms with E-state index in [-0.39, 0.29) is 10.8 Å². The molecule has 120 valence electrons. The van der Waals surface area contributed by atoms with E-state index in [4.69, 9.17) is 0 Å². The molecule has 2 aliphatic heterocycles. The zero-order valence-corrected chi connectivity index (χ0v) is 13.5. The molecular weight excluding hydrogens is 302 g/mol. The van der Waals surface area contributed by atoms with Crippen molar-refractivity contribution in [2.75, 3.05) is 31.5 Å². The minimum atomic E-state index is -3.45. The van der Waals surface area contributed by atoms with E-state index in [9.17, 15) is 13.2 Å². The predicted octanol–water partition coefficient (Wildman–Crippen LogP) is 1.11. The van der Waals surface area contributed by atoms with Crippen LogP contribution in [0.1, 0.15) is 19.8 Å². The van der Waals surface area contributed by atoms with Gasteiger partial charge in [0.1, 0.15) is 0 Å². The number of piperazine rings is 1. The molecule has 2 fully saturated rings. The van der Waals surface area contributed by atoms with Crippen LogP contribution in [0, 0.1) is 0 Å². The maximum absolute atomic E-state index is 12.7. The van der Waals surface area contributed by atoms with Gasteiger partial charge >= 0.3 is 0 Å². The lowest BCUT2D eigenvalue weighted by atomic mass is 10.2. The van der Waals surface area contributed by atoms with E-state index in [2.05, 4.69) is 10.2 Å². The second-order valence-corrected chi connectivity index (χ2v) is 7.84. The Balaban J connectivity index is 1.76.